The number of nitrogens with two attached hydrogens (primary N) is 1. The van der Waals surface area contributed by atoms with Gasteiger partial charge in [0, 0.05) is 34.3 Å². The Bertz CT molecular complexity index is 783. The molecule has 21 heavy (non-hydrogen) atoms. The van der Waals surface area contributed by atoms with Crippen molar-refractivity contribution in [2.24, 2.45) is 0 Å². The fourth-order valence-electron chi connectivity index (χ4n) is 2.50. The number of aliphatic hydroxyl groups is 1. The summed E-state index contributed by atoms with van der Waals surface area (Å²) in [5, 5.41) is 12.1. The van der Waals surface area contributed by atoms with Crippen molar-refractivity contribution in [3.8, 4) is 0 Å². The number of para-hydroxylation sites is 1. The van der Waals surface area contributed by atoms with Crippen molar-refractivity contribution in [2.75, 3.05) is 5.73 Å². The monoisotopic (exact) mass is 298 g/mol. The van der Waals surface area contributed by atoms with Crippen LogP contribution in [0.3, 0.4) is 0 Å². The van der Waals surface area contributed by atoms with Crippen molar-refractivity contribution in [1.29, 1.82) is 0 Å². The molecule has 2 aromatic carbocycles. The summed E-state index contributed by atoms with van der Waals surface area (Å²) < 4.78 is 0. The Morgan fingerprint density at radius 2 is 1.95 bits per heavy atom. The fraction of sp³-hybridized carbons (Fsp3) is 0.118. The first-order valence-electron chi connectivity index (χ1n) is 6.71. The van der Waals surface area contributed by atoms with Gasteiger partial charge in [0.2, 0.25) is 0 Å². The summed E-state index contributed by atoms with van der Waals surface area (Å²) in [6, 6.07) is 15.0. The number of rotatable bonds is 3. The Kier molecular flexibility index (Phi) is 3.78. The molecule has 3 aromatic rings. The summed E-state index contributed by atoms with van der Waals surface area (Å²) in [4.78, 5) is 4.33. The maximum atomic E-state index is 10.5. The molecule has 106 valence electrons. The van der Waals surface area contributed by atoms with Crippen molar-refractivity contribution < 1.29 is 5.11 Å². The van der Waals surface area contributed by atoms with Gasteiger partial charge in [-0.2, -0.15) is 0 Å². The van der Waals surface area contributed by atoms with Gasteiger partial charge in [-0.1, -0.05) is 35.9 Å². The van der Waals surface area contributed by atoms with E-state index in [1.165, 1.54) is 0 Å². The Hall–Kier alpha value is -2.10. The maximum absolute atomic E-state index is 10.5. The molecule has 0 aliphatic heterocycles. The fourth-order valence-corrected chi connectivity index (χ4v) is 2.68. The number of hydrogen-bond donors (Lipinski definition) is 2. The van der Waals surface area contributed by atoms with Crippen LogP contribution in [0.4, 0.5) is 5.69 Å². The highest BCUT2D eigenvalue weighted by atomic mass is 35.5. The Morgan fingerprint density at radius 3 is 2.76 bits per heavy atom. The number of benzene rings is 2. The predicted octanol–water partition coefficient (Wildman–Crippen LogP) is 3.75. The highest BCUT2D eigenvalue weighted by molar-refractivity contribution is 6.30. The van der Waals surface area contributed by atoms with Gasteiger partial charge in [0.1, 0.15) is 0 Å². The number of fused-ring (bicyclic) bond motifs is 1. The SMILES string of the molecule is Nc1cc(Cl)ccc1C(O)Cc1ccnc2ccccc12. The lowest BCUT2D eigenvalue weighted by atomic mass is 9.98. The van der Waals surface area contributed by atoms with Gasteiger partial charge >= 0.3 is 0 Å². The lowest BCUT2D eigenvalue weighted by Gasteiger charge is -2.15. The van der Waals surface area contributed by atoms with Crippen LogP contribution in [0.15, 0.2) is 54.7 Å². The Morgan fingerprint density at radius 1 is 1.14 bits per heavy atom. The molecule has 0 saturated carbocycles. The van der Waals surface area contributed by atoms with Crippen LogP contribution in [0.2, 0.25) is 5.02 Å². The number of aliphatic hydroxyl groups excluding tert-OH is 1. The van der Waals surface area contributed by atoms with Crippen molar-refractivity contribution >= 4 is 28.2 Å². The van der Waals surface area contributed by atoms with Crippen LogP contribution in [0.25, 0.3) is 10.9 Å². The molecular weight excluding hydrogens is 284 g/mol. The highest BCUT2D eigenvalue weighted by Crippen LogP contribution is 2.28. The molecule has 0 amide bonds. The quantitative estimate of drug-likeness (QED) is 0.724. The smallest absolute Gasteiger partial charge is 0.0850 e. The molecular formula is C17H15ClN2O. The summed E-state index contributed by atoms with van der Waals surface area (Å²) in [7, 11) is 0. The summed E-state index contributed by atoms with van der Waals surface area (Å²) in [5.74, 6) is 0. The number of nitrogens with zero attached hydrogens (tertiary/aromatic N) is 1. The molecule has 0 aliphatic rings. The zero-order chi connectivity index (χ0) is 14.8. The van der Waals surface area contributed by atoms with Gasteiger partial charge in [0.25, 0.3) is 0 Å². The Labute approximate surface area is 128 Å². The normalized spacial score (nSPS) is 12.5. The van der Waals surface area contributed by atoms with Crippen LogP contribution >= 0.6 is 11.6 Å². The molecule has 1 atom stereocenters. The van der Waals surface area contributed by atoms with Crippen LogP contribution in [0.1, 0.15) is 17.2 Å². The first kappa shape index (κ1) is 13.9. The van der Waals surface area contributed by atoms with Crippen molar-refractivity contribution in [1.82, 2.24) is 4.98 Å². The third-order valence-electron chi connectivity index (χ3n) is 3.56. The highest BCUT2D eigenvalue weighted by Gasteiger charge is 2.13. The van der Waals surface area contributed by atoms with Crippen LogP contribution in [0, 0.1) is 0 Å². The number of anilines is 1. The van der Waals surface area contributed by atoms with E-state index >= 15 is 0 Å². The third-order valence-corrected chi connectivity index (χ3v) is 3.80. The zero-order valence-electron chi connectivity index (χ0n) is 11.3. The van der Waals surface area contributed by atoms with Gasteiger partial charge in [-0.05, 0) is 29.8 Å². The number of aromatic nitrogens is 1. The van der Waals surface area contributed by atoms with Gasteiger partial charge in [-0.25, -0.2) is 0 Å². The van der Waals surface area contributed by atoms with Gasteiger partial charge in [0.05, 0.1) is 11.6 Å². The van der Waals surface area contributed by atoms with Crippen LogP contribution in [-0.2, 0) is 6.42 Å². The number of halogens is 1. The first-order valence-corrected chi connectivity index (χ1v) is 7.08. The lowest BCUT2D eigenvalue weighted by molar-refractivity contribution is 0.179. The number of pyridine rings is 1. The van der Waals surface area contributed by atoms with E-state index in [-0.39, 0.29) is 0 Å². The number of hydrogen-bond acceptors (Lipinski definition) is 3. The largest absolute Gasteiger partial charge is 0.398 e. The standard InChI is InChI=1S/C17H15ClN2O/c18-12-5-6-14(15(19)10-12)17(21)9-11-7-8-20-16-4-2-1-3-13(11)16/h1-8,10,17,21H,9,19H2. The van der Waals surface area contributed by atoms with E-state index in [1.54, 1.807) is 24.4 Å². The second-order valence-corrected chi connectivity index (χ2v) is 5.42. The van der Waals surface area contributed by atoms with E-state index in [0.717, 1.165) is 16.5 Å². The van der Waals surface area contributed by atoms with Crippen LogP contribution < -0.4 is 5.73 Å². The van der Waals surface area contributed by atoms with E-state index in [0.29, 0.717) is 22.7 Å². The van der Waals surface area contributed by atoms with Gasteiger partial charge in [0.15, 0.2) is 0 Å². The summed E-state index contributed by atoms with van der Waals surface area (Å²) >= 11 is 5.89. The first-order chi connectivity index (χ1) is 10.1. The molecule has 3 rings (SSSR count). The van der Waals surface area contributed by atoms with E-state index < -0.39 is 6.10 Å². The van der Waals surface area contributed by atoms with Crippen LogP contribution in [0.5, 0.6) is 0 Å². The minimum atomic E-state index is -0.673. The van der Waals surface area contributed by atoms with E-state index in [1.807, 2.05) is 30.3 Å². The second-order valence-electron chi connectivity index (χ2n) is 4.98. The van der Waals surface area contributed by atoms with Crippen molar-refractivity contribution in [2.45, 2.75) is 12.5 Å². The molecule has 4 heteroatoms. The van der Waals surface area contributed by atoms with Crippen molar-refractivity contribution in [3.63, 3.8) is 0 Å². The molecule has 0 radical (unpaired) electrons. The Balaban J connectivity index is 1.94. The molecule has 1 aromatic heterocycles. The second kappa shape index (κ2) is 5.72. The maximum Gasteiger partial charge on any atom is 0.0850 e. The minimum Gasteiger partial charge on any atom is -0.398 e. The summed E-state index contributed by atoms with van der Waals surface area (Å²) in [6.45, 7) is 0. The molecule has 1 heterocycles. The van der Waals surface area contributed by atoms with E-state index in [9.17, 15) is 5.11 Å². The predicted molar refractivity (Wildman–Crippen MR) is 86.3 cm³/mol. The summed E-state index contributed by atoms with van der Waals surface area (Å²) in [5.41, 5.74) is 9.10. The zero-order valence-corrected chi connectivity index (χ0v) is 12.1. The lowest BCUT2D eigenvalue weighted by Crippen LogP contribution is -2.06. The van der Waals surface area contributed by atoms with Gasteiger partial charge in [-0.3, -0.25) is 4.98 Å². The average molecular weight is 299 g/mol. The topological polar surface area (TPSA) is 59.1 Å². The molecule has 0 spiro atoms. The van der Waals surface area contributed by atoms with E-state index in [2.05, 4.69) is 4.98 Å². The molecule has 0 fully saturated rings. The summed E-state index contributed by atoms with van der Waals surface area (Å²) in [6.07, 6.45) is 1.57. The minimum absolute atomic E-state index is 0.481. The molecule has 3 N–H and O–H groups in total. The number of nitrogen functional groups attached to an aromatic ring is 1. The molecule has 1 unspecified atom stereocenters. The van der Waals surface area contributed by atoms with Gasteiger partial charge in [-0.15, -0.1) is 0 Å². The van der Waals surface area contributed by atoms with Crippen molar-refractivity contribution in [3.05, 3.63) is 70.9 Å². The van der Waals surface area contributed by atoms with E-state index in [4.69, 9.17) is 17.3 Å². The van der Waals surface area contributed by atoms with Gasteiger partial charge < -0.3 is 10.8 Å². The molecule has 3 nitrogen and oxygen atoms in total. The molecule has 0 saturated heterocycles. The molecule has 0 bridgehead atoms. The third kappa shape index (κ3) is 2.84. The molecule has 0 aliphatic carbocycles. The average Bonchev–Trinajstić information content (AvgIpc) is 2.47. The van der Waals surface area contributed by atoms with Crippen LogP contribution in [-0.4, -0.2) is 10.1 Å².